The van der Waals surface area contributed by atoms with Gasteiger partial charge in [-0.15, -0.1) is 0 Å². The molecule has 1 amide bonds. The van der Waals surface area contributed by atoms with E-state index in [1.807, 2.05) is 13.0 Å². The predicted molar refractivity (Wildman–Crippen MR) is 109 cm³/mol. The number of furan rings is 1. The zero-order valence-corrected chi connectivity index (χ0v) is 15.8. The highest BCUT2D eigenvalue weighted by molar-refractivity contribution is 5.81. The van der Waals surface area contributed by atoms with Crippen LogP contribution in [0.1, 0.15) is 11.3 Å². The zero-order valence-electron chi connectivity index (χ0n) is 15.8. The van der Waals surface area contributed by atoms with Crippen molar-refractivity contribution in [2.45, 2.75) is 20.0 Å². The average Bonchev–Trinajstić information content (AvgIpc) is 3.23. The summed E-state index contributed by atoms with van der Waals surface area (Å²) in [5.74, 6) is 0.253. The zero-order chi connectivity index (χ0) is 20.4. The quantitative estimate of drug-likeness (QED) is 0.568. The minimum absolute atomic E-state index is 0.216. The van der Waals surface area contributed by atoms with Crippen molar-refractivity contribution < 1.29 is 9.21 Å². The van der Waals surface area contributed by atoms with Crippen molar-refractivity contribution in [3.8, 4) is 5.69 Å². The molecule has 1 N–H and O–H groups in total. The molecule has 2 aromatic heterocycles. The third-order valence-electron chi connectivity index (χ3n) is 4.65. The van der Waals surface area contributed by atoms with Crippen molar-refractivity contribution in [2.24, 2.45) is 0 Å². The van der Waals surface area contributed by atoms with Crippen LogP contribution >= 0.6 is 0 Å². The van der Waals surface area contributed by atoms with Gasteiger partial charge in [-0.2, -0.15) is 0 Å². The highest BCUT2D eigenvalue weighted by Crippen LogP contribution is 2.11. The molecule has 7 heteroatoms. The standard InChI is InChI=1S/C22H19N3O4/c1-15-6-4-7-16(12-15)25-21(27)18-9-2-3-10-19(18)24(22(25)28)14-20(26)23-13-17-8-5-11-29-17/h2-12H,13-14H2,1H3,(H,23,26). The van der Waals surface area contributed by atoms with Gasteiger partial charge >= 0.3 is 5.69 Å². The Morgan fingerprint density at radius 1 is 1.03 bits per heavy atom. The third kappa shape index (κ3) is 3.62. The van der Waals surface area contributed by atoms with Crippen LogP contribution in [0.5, 0.6) is 0 Å². The number of para-hydroxylation sites is 1. The number of aromatic nitrogens is 2. The second kappa shape index (κ2) is 7.63. The molecule has 2 aromatic carbocycles. The van der Waals surface area contributed by atoms with Crippen LogP contribution in [-0.2, 0) is 17.9 Å². The van der Waals surface area contributed by atoms with E-state index in [1.54, 1.807) is 54.6 Å². The van der Waals surface area contributed by atoms with Crippen molar-refractivity contribution in [1.29, 1.82) is 0 Å². The van der Waals surface area contributed by atoms with Gasteiger partial charge in [0, 0.05) is 0 Å². The van der Waals surface area contributed by atoms with E-state index in [4.69, 9.17) is 4.42 Å². The van der Waals surface area contributed by atoms with Crippen LogP contribution in [0.2, 0.25) is 0 Å². The highest BCUT2D eigenvalue weighted by Gasteiger charge is 2.16. The van der Waals surface area contributed by atoms with Gasteiger partial charge in [0.25, 0.3) is 5.56 Å². The van der Waals surface area contributed by atoms with E-state index in [1.165, 1.54) is 10.8 Å². The Balaban J connectivity index is 1.79. The Bertz CT molecular complexity index is 1300. The van der Waals surface area contributed by atoms with E-state index in [2.05, 4.69) is 5.32 Å². The molecule has 4 aromatic rings. The predicted octanol–water partition coefficient (Wildman–Crippen LogP) is 2.37. The monoisotopic (exact) mass is 389 g/mol. The molecule has 0 aliphatic heterocycles. The first kappa shape index (κ1) is 18.5. The molecular weight excluding hydrogens is 370 g/mol. The largest absolute Gasteiger partial charge is 0.467 e. The molecule has 0 bridgehead atoms. The van der Waals surface area contributed by atoms with Crippen LogP contribution in [0.15, 0.2) is 80.9 Å². The summed E-state index contributed by atoms with van der Waals surface area (Å²) in [5, 5.41) is 3.10. The number of amides is 1. The van der Waals surface area contributed by atoms with Crippen LogP contribution in [0, 0.1) is 6.92 Å². The van der Waals surface area contributed by atoms with Gasteiger partial charge in [-0.25, -0.2) is 9.36 Å². The molecule has 0 spiro atoms. The molecule has 0 fully saturated rings. The number of fused-ring (bicyclic) bond motifs is 1. The molecular formula is C22H19N3O4. The Hall–Kier alpha value is -3.87. The topological polar surface area (TPSA) is 86.2 Å². The molecule has 29 heavy (non-hydrogen) atoms. The van der Waals surface area contributed by atoms with Gasteiger partial charge < -0.3 is 9.73 Å². The lowest BCUT2D eigenvalue weighted by Crippen LogP contribution is -2.41. The molecule has 0 atom stereocenters. The van der Waals surface area contributed by atoms with Gasteiger partial charge in [-0.05, 0) is 48.9 Å². The molecule has 4 rings (SSSR count). The van der Waals surface area contributed by atoms with E-state index in [-0.39, 0.29) is 19.0 Å². The number of nitrogens with zero attached hydrogens (tertiary/aromatic N) is 2. The van der Waals surface area contributed by atoms with Crippen molar-refractivity contribution in [2.75, 3.05) is 0 Å². The van der Waals surface area contributed by atoms with Crippen molar-refractivity contribution in [3.05, 3.63) is 99.1 Å². The number of rotatable bonds is 5. The first-order chi connectivity index (χ1) is 14.0. The minimum atomic E-state index is -0.563. The van der Waals surface area contributed by atoms with E-state index in [9.17, 15) is 14.4 Å². The molecule has 7 nitrogen and oxygen atoms in total. The van der Waals surface area contributed by atoms with Crippen LogP contribution in [0.25, 0.3) is 16.6 Å². The summed E-state index contributed by atoms with van der Waals surface area (Å²) in [6.45, 7) is 1.89. The number of carbonyl (C=O) groups excluding carboxylic acids is 1. The summed E-state index contributed by atoms with van der Waals surface area (Å²) < 4.78 is 7.63. The van der Waals surface area contributed by atoms with Crippen molar-refractivity contribution in [3.63, 3.8) is 0 Å². The smallest absolute Gasteiger partial charge is 0.336 e. The Morgan fingerprint density at radius 3 is 2.62 bits per heavy atom. The number of nitrogens with one attached hydrogen (secondary N) is 1. The first-order valence-electron chi connectivity index (χ1n) is 9.15. The SMILES string of the molecule is Cc1cccc(-n2c(=O)c3ccccc3n(CC(=O)NCc3ccco3)c2=O)c1. The summed E-state index contributed by atoms with van der Waals surface area (Å²) in [7, 11) is 0. The number of hydrogen-bond donors (Lipinski definition) is 1. The normalized spacial score (nSPS) is 10.9. The minimum Gasteiger partial charge on any atom is -0.467 e. The lowest BCUT2D eigenvalue weighted by Gasteiger charge is -2.14. The molecule has 0 radical (unpaired) electrons. The van der Waals surface area contributed by atoms with Gasteiger partial charge in [0.2, 0.25) is 5.91 Å². The fourth-order valence-corrected chi connectivity index (χ4v) is 3.27. The molecule has 2 heterocycles. The Kier molecular flexibility index (Phi) is 4.87. The fraction of sp³-hybridized carbons (Fsp3) is 0.136. The summed E-state index contributed by atoms with van der Waals surface area (Å²) in [6.07, 6.45) is 1.53. The highest BCUT2D eigenvalue weighted by atomic mass is 16.3. The first-order valence-corrected chi connectivity index (χ1v) is 9.15. The molecule has 0 unspecified atom stereocenters. The number of carbonyl (C=O) groups is 1. The maximum atomic E-state index is 13.2. The maximum absolute atomic E-state index is 13.2. The van der Waals surface area contributed by atoms with Gasteiger partial charge in [-0.1, -0.05) is 24.3 Å². The van der Waals surface area contributed by atoms with Gasteiger partial charge in [0.1, 0.15) is 12.3 Å². The molecule has 0 aliphatic rings. The van der Waals surface area contributed by atoms with E-state index < -0.39 is 11.2 Å². The molecule has 0 aliphatic carbocycles. The van der Waals surface area contributed by atoms with Gasteiger partial charge in [0.15, 0.2) is 0 Å². The lowest BCUT2D eigenvalue weighted by molar-refractivity contribution is -0.121. The fourth-order valence-electron chi connectivity index (χ4n) is 3.27. The maximum Gasteiger partial charge on any atom is 0.336 e. The van der Waals surface area contributed by atoms with Crippen LogP contribution in [0.4, 0.5) is 0 Å². The average molecular weight is 389 g/mol. The second-order valence-corrected chi connectivity index (χ2v) is 6.72. The summed E-state index contributed by atoms with van der Waals surface area (Å²) in [4.78, 5) is 38.7. The number of aryl methyl sites for hydroxylation is 1. The molecule has 0 saturated carbocycles. The van der Waals surface area contributed by atoms with Gasteiger partial charge in [-0.3, -0.25) is 14.2 Å². The summed E-state index contributed by atoms with van der Waals surface area (Å²) in [5.41, 5.74) is 0.829. The second-order valence-electron chi connectivity index (χ2n) is 6.72. The van der Waals surface area contributed by atoms with E-state index >= 15 is 0 Å². The number of hydrogen-bond acceptors (Lipinski definition) is 4. The number of benzene rings is 2. The Labute approximate surface area is 165 Å². The van der Waals surface area contributed by atoms with E-state index in [0.29, 0.717) is 22.4 Å². The summed E-state index contributed by atoms with van der Waals surface area (Å²) >= 11 is 0. The Morgan fingerprint density at radius 2 is 1.86 bits per heavy atom. The van der Waals surface area contributed by atoms with Crippen LogP contribution in [0.3, 0.4) is 0 Å². The summed E-state index contributed by atoms with van der Waals surface area (Å²) in [6, 6.07) is 17.4. The lowest BCUT2D eigenvalue weighted by atomic mass is 10.2. The van der Waals surface area contributed by atoms with Gasteiger partial charge in [0.05, 0.1) is 29.4 Å². The molecule has 146 valence electrons. The van der Waals surface area contributed by atoms with Crippen molar-refractivity contribution in [1.82, 2.24) is 14.5 Å². The third-order valence-corrected chi connectivity index (χ3v) is 4.65. The molecule has 0 saturated heterocycles. The van der Waals surface area contributed by atoms with E-state index in [0.717, 1.165) is 10.1 Å². The van der Waals surface area contributed by atoms with Crippen LogP contribution in [-0.4, -0.2) is 15.0 Å². The van der Waals surface area contributed by atoms with Crippen molar-refractivity contribution >= 4 is 16.8 Å². The van der Waals surface area contributed by atoms with Crippen LogP contribution < -0.4 is 16.6 Å².